The third-order valence-corrected chi connectivity index (χ3v) is 2.43. The van der Waals surface area contributed by atoms with E-state index < -0.39 is 0 Å². The highest BCUT2D eigenvalue weighted by atomic mass is 16.1. The number of amides is 1. The highest BCUT2D eigenvalue weighted by Crippen LogP contribution is 2.08. The maximum atomic E-state index is 12.0. The molecule has 2 aromatic rings. The van der Waals surface area contributed by atoms with Crippen molar-refractivity contribution in [3.63, 3.8) is 0 Å². The summed E-state index contributed by atoms with van der Waals surface area (Å²) in [6.45, 7) is 1.82. The SMILES string of the molecule is CNc1cccc(C(=O)NC(C)c2ncn[nH]2)n1. The molecular weight excluding hydrogens is 232 g/mol. The van der Waals surface area contributed by atoms with Crippen LogP contribution >= 0.6 is 0 Å². The van der Waals surface area contributed by atoms with Crippen molar-refractivity contribution in [1.29, 1.82) is 0 Å². The lowest BCUT2D eigenvalue weighted by molar-refractivity contribution is 0.0933. The Morgan fingerprint density at radius 1 is 1.44 bits per heavy atom. The number of pyridine rings is 1. The summed E-state index contributed by atoms with van der Waals surface area (Å²) in [5.74, 6) is 0.999. The maximum Gasteiger partial charge on any atom is 0.270 e. The van der Waals surface area contributed by atoms with Gasteiger partial charge in [0.2, 0.25) is 0 Å². The molecule has 94 valence electrons. The van der Waals surface area contributed by atoms with E-state index in [1.807, 2.05) is 6.92 Å². The number of carbonyl (C=O) groups excluding carboxylic acids is 1. The molecule has 18 heavy (non-hydrogen) atoms. The highest BCUT2D eigenvalue weighted by Gasteiger charge is 2.14. The van der Waals surface area contributed by atoms with Crippen LogP contribution in [0.4, 0.5) is 5.82 Å². The average molecular weight is 246 g/mol. The van der Waals surface area contributed by atoms with Gasteiger partial charge in [-0.15, -0.1) is 0 Å². The lowest BCUT2D eigenvalue weighted by Gasteiger charge is -2.10. The summed E-state index contributed by atoms with van der Waals surface area (Å²) in [7, 11) is 1.75. The van der Waals surface area contributed by atoms with Crippen molar-refractivity contribution in [3.8, 4) is 0 Å². The summed E-state index contributed by atoms with van der Waals surface area (Å²) in [5, 5.41) is 12.1. The second-order valence-electron chi connectivity index (χ2n) is 3.72. The smallest absolute Gasteiger partial charge is 0.270 e. The van der Waals surface area contributed by atoms with Crippen LogP contribution < -0.4 is 10.6 Å². The van der Waals surface area contributed by atoms with Crippen LogP contribution in [0.2, 0.25) is 0 Å². The molecule has 0 saturated heterocycles. The summed E-state index contributed by atoms with van der Waals surface area (Å²) in [4.78, 5) is 20.1. The second kappa shape index (κ2) is 5.26. The minimum atomic E-state index is -0.254. The van der Waals surface area contributed by atoms with E-state index >= 15 is 0 Å². The summed E-state index contributed by atoms with van der Waals surface area (Å²) < 4.78 is 0. The van der Waals surface area contributed by atoms with Gasteiger partial charge in [-0.25, -0.2) is 9.97 Å². The summed E-state index contributed by atoms with van der Waals surface area (Å²) in [5.41, 5.74) is 0.355. The molecule has 0 fully saturated rings. The van der Waals surface area contributed by atoms with Crippen molar-refractivity contribution in [2.24, 2.45) is 0 Å². The molecule has 0 radical (unpaired) electrons. The number of nitrogens with zero attached hydrogens (tertiary/aromatic N) is 3. The molecule has 0 aliphatic carbocycles. The molecule has 0 aliphatic rings. The van der Waals surface area contributed by atoms with E-state index in [9.17, 15) is 4.79 Å². The predicted octanol–water partition coefficient (Wildman–Crippen LogP) is 0.732. The first kappa shape index (κ1) is 12.0. The molecular formula is C11H14N6O. The van der Waals surface area contributed by atoms with E-state index in [0.29, 0.717) is 17.3 Å². The van der Waals surface area contributed by atoms with Crippen LogP contribution in [0.1, 0.15) is 29.3 Å². The molecule has 1 unspecified atom stereocenters. The van der Waals surface area contributed by atoms with Gasteiger partial charge in [0.05, 0.1) is 6.04 Å². The fraction of sp³-hybridized carbons (Fsp3) is 0.273. The summed E-state index contributed by atoms with van der Waals surface area (Å²) >= 11 is 0. The molecule has 0 bridgehead atoms. The molecule has 0 saturated carbocycles. The van der Waals surface area contributed by atoms with Gasteiger partial charge in [-0.05, 0) is 19.1 Å². The topological polar surface area (TPSA) is 95.6 Å². The lowest BCUT2D eigenvalue weighted by atomic mass is 10.2. The van der Waals surface area contributed by atoms with E-state index in [-0.39, 0.29) is 11.9 Å². The fourth-order valence-electron chi connectivity index (χ4n) is 1.46. The van der Waals surface area contributed by atoms with Gasteiger partial charge in [0.25, 0.3) is 5.91 Å². The number of H-pyrrole nitrogens is 1. The van der Waals surface area contributed by atoms with Crippen molar-refractivity contribution < 1.29 is 4.79 Å². The van der Waals surface area contributed by atoms with E-state index in [4.69, 9.17) is 0 Å². The Hall–Kier alpha value is -2.44. The molecule has 7 nitrogen and oxygen atoms in total. The van der Waals surface area contributed by atoms with Crippen LogP contribution in [0.15, 0.2) is 24.5 Å². The largest absolute Gasteiger partial charge is 0.373 e. The molecule has 0 spiro atoms. The van der Waals surface area contributed by atoms with E-state index in [1.165, 1.54) is 6.33 Å². The number of rotatable bonds is 4. The first-order chi connectivity index (χ1) is 8.70. The monoisotopic (exact) mass is 246 g/mol. The minimum absolute atomic E-state index is 0.250. The first-order valence-electron chi connectivity index (χ1n) is 5.51. The quantitative estimate of drug-likeness (QED) is 0.739. The van der Waals surface area contributed by atoms with Gasteiger partial charge in [0.15, 0.2) is 0 Å². The first-order valence-corrected chi connectivity index (χ1v) is 5.51. The van der Waals surface area contributed by atoms with E-state index in [2.05, 4.69) is 30.8 Å². The molecule has 0 aliphatic heterocycles. The Balaban J connectivity index is 2.07. The molecule has 7 heteroatoms. The van der Waals surface area contributed by atoms with E-state index in [0.717, 1.165) is 0 Å². The molecule has 2 aromatic heterocycles. The maximum absolute atomic E-state index is 12.0. The van der Waals surface area contributed by atoms with Crippen molar-refractivity contribution in [3.05, 3.63) is 36.0 Å². The normalized spacial score (nSPS) is 11.9. The zero-order chi connectivity index (χ0) is 13.0. The number of carbonyl (C=O) groups is 1. The fourth-order valence-corrected chi connectivity index (χ4v) is 1.46. The second-order valence-corrected chi connectivity index (χ2v) is 3.72. The third-order valence-electron chi connectivity index (χ3n) is 2.43. The molecule has 3 N–H and O–H groups in total. The number of hydrogen-bond acceptors (Lipinski definition) is 5. The Morgan fingerprint density at radius 2 is 2.28 bits per heavy atom. The van der Waals surface area contributed by atoms with Gasteiger partial charge in [-0.3, -0.25) is 9.89 Å². The molecule has 2 heterocycles. The van der Waals surface area contributed by atoms with Gasteiger partial charge in [0, 0.05) is 7.05 Å². The van der Waals surface area contributed by atoms with Crippen molar-refractivity contribution in [2.45, 2.75) is 13.0 Å². The van der Waals surface area contributed by atoms with Gasteiger partial charge in [0.1, 0.15) is 23.7 Å². The number of anilines is 1. The molecule has 1 amide bonds. The van der Waals surface area contributed by atoms with Gasteiger partial charge < -0.3 is 10.6 Å². The van der Waals surface area contributed by atoms with Crippen LogP contribution in [0.5, 0.6) is 0 Å². The highest BCUT2D eigenvalue weighted by molar-refractivity contribution is 5.92. The Bertz CT molecular complexity index is 524. The lowest BCUT2D eigenvalue weighted by Crippen LogP contribution is -2.28. The number of aromatic amines is 1. The van der Waals surface area contributed by atoms with Crippen LogP contribution in [-0.4, -0.2) is 33.1 Å². The van der Waals surface area contributed by atoms with Crippen LogP contribution in [0.3, 0.4) is 0 Å². The Labute approximate surface area is 104 Å². The zero-order valence-corrected chi connectivity index (χ0v) is 10.1. The zero-order valence-electron chi connectivity index (χ0n) is 10.1. The van der Waals surface area contributed by atoms with Gasteiger partial charge in [-0.2, -0.15) is 5.10 Å². The van der Waals surface area contributed by atoms with Crippen LogP contribution in [0, 0.1) is 0 Å². The summed E-state index contributed by atoms with van der Waals surface area (Å²) in [6.07, 6.45) is 1.40. The predicted molar refractivity (Wildman–Crippen MR) is 66.0 cm³/mol. The number of nitrogens with one attached hydrogen (secondary N) is 3. The van der Waals surface area contributed by atoms with E-state index in [1.54, 1.807) is 25.2 Å². The van der Waals surface area contributed by atoms with Crippen LogP contribution in [-0.2, 0) is 0 Å². The number of hydrogen-bond donors (Lipinski definition) is 3. The van der Waals surface area contributed by atoms with Crippen molar-refractivity contribution >= 4 is 11.7 Å². The van der Waals surface area contributed by atoms with Crippen molar-refractivity contribution in [1.82, 2.24) is 25.5 Å². The standard InChI is InChI=1S/C11H14N6O/c1-7(10-13-6-14-17-10)15-11(18)8-4-3-5-9(12-2)16-8/h3-7H,1-2H3,(H,12,16)(H,15,18)(H,13,14,17). The number of aromatic nitrogens is 4. The summed E-state index contributed by atoms with van der Waals surface area (Å²) in [6, 6.07) is 4.97. The van der Waals surface area contributed by atoms with Gasteiger partial charge >= 0.3 is 0 Å². The molecule has 0 aromatic carbocycles. The van der Waals surface area contributed by atoms with Crippen LogP contribution in [0.25, 0.3) is 0 Å². The van der Waals surface area contributed by atoms with Gasteiger partial charge in [-0.1, -0.05) is 6.07 Å². The Kier molecular flexibility index (Phi) is 3.52. The minimum Gasteiger partial charge on any atom is -0.373 e. The molecule has 1 atom stereocenters. The average Bonchev–Trinajstić information content (AvgIpc) is 2.92. The Morgan fingerprint density at radius 3 is 2.94 bits per heavy atom. The van der Waals surface area contributed by atoms with Crippen molar-refractivity contribution in [2.75, 3.05) is 12.4 Å². The molecule has 2 rings (SSSR count). The third kappa shape index (κ3) is 2.62.